The first kappa shape index (κ1) is 33.6. The molecule has 0 aliphatic rings. The number of allylic oxidation sites excluding steroid dienone is 12. The van der Waals surface area contributed by atoms with Crippen LogP contribution in [0.3, 0.4) is 0 Å². The Morgan fingerprint density at radius 2 is 0.903 bits per heavy atom. The normalized spacial score (nSPS) is 10.5. The van der Waals surface area contributed by atoms with Gasteiger partial charge in [0.25, 0.3) is 0 Å². The largest absolute Gasteiger partial charge is 0.304 e. The molecule has 174 valence electrons. The summed E-state index contributed by atoms with van der Waals surface area (Å²) in [7, 11) is 5.49. The third-order valence-corrected chi connectivity index (χ3v) is 3.93. The van der Waals surface area contributed by atoms with Crippen LogP contribution in [0, 0.1) is 0 Å². The Balaban J connectivity index is -0.000000729. The van der Waals surface area contributed by atoms with Gasteiger partial charge in [-0.05, 0) is 49.2 Å². The van der Waals surface area contributed by atoms with E-state index in [1.807, 2.05) is 54.9 Å². The Kier molecular flexibility index (Phi) is 24.5. The van der Waals surface area contributed by atoms with E-state index in [2.05, 4.69) is 71.4 Å². The molecule has 0 rings (SSSR count). The molecule has 0 spiro atoms. The molecule has 0 radical (unpaired) electrons. The summed E-state index contributed by atoms with van der Waals surface area (Å²) in [6.07, 6.45) is 14.7. The Labute approximate surface area is 198 Å². The lowest BCUT2D eigenvalue weighted by molar-refractivity contribution is 0.457. The van der Waals surface area contributed by atoms with E-state index >= 15 is 0 Å². The first-order chi connectivity index (χ1) is 14.5. The van der Waals surface area contributed by atoms with Crippen molar-refractivity contribution in [3.05, 3.63) is 109 Å². The fourth-order valence-electron chi connectivity index (χ4n) is 1.45. The smallest absolute Gasteiger partial charge is 0.0810 e. The van der Waals surface area contributed by atoms with Gasteiger partial charge in [0.05, 0.1) is 19.3 Å². The van der Waals surface area contributed by atoms with Crippen LogP contribution >= 0.6 is 12.2 Å². The van der Waals surface area contributed by atoms with E-state index in [1.165, 1.54) is 18.6 Å². The fourth-order valence-corrected chi connectivity index (χ4v) is 1.75. The van der Waals surface area contributed by atoms with Crippen molar-refractivity contribution in [3.63, 3.8) is 0 Å². The molecule has 0 saturated heterocycles. The molecule has 31 heavy (non-hydrogen) atoms. The predicted molar refractivity (Wildman–Crippen MR) is 147 cm³/mol. The zero-order valence-electron chi connectivity index (χ0n) is 21.1. The van der Waals surface area contributed by atoms with Crippen molar-refractivity contribution < 1.29 is 4.18 Å². The molecular formula is C28H45NOS. The molecule has 0 saturated carbocycles. The summed E-state index contributed by atoms with van der Waals surface area (Å²) in [5.41, 5.74) is 5.54. The summed E-state index contributed by atoms with van der Waals surface area (Å²) in [5.74, 6) is 0. The van der Waals surface area contributed by atoms with Gasteiger partial charge in [-0.2, -0.15) is 0 Å². The zero-order valence-corrected chi connectivity index (χ0v) is 21.9. The highest BCUT2D eigenvalue weighted by Gasteiger charge is 1.95. The van der Waals surface area contributed by atoms with Crippen LogP contribution < -0.4 is 0 Å². The van der Waals surface area contributed by atoms with Crippen molar-refractivity contribution in [2.45, 2.75) is 47.0 Å². The van der Waals surface area contributed by atoms with E-state index in [1.54, 1.807) is 7.11 Å². The summed E-state index contributed by atoms with van der Waals surface area (Å²) >= 11 is 1.32. The second kappa shape index (κ2) is 22.6. The van der Waals surface area contributed by atoms with Crippen molar-refractivity contribution in [2.24, 2.45) is 0 Å². The van der Waals surface area contributed by atoms with Crippen LogP contribution in [0.2, 0.25) is 0 Å². The van der Waals surface area contributed by atoms with E-state index in [0.29, 0.717) is 0 Å². The van der Waals surface area contributed by atoms with E-state index in [9.17, 15) is 0 Å². The molecule has 0 unspecified atom stereocenters. The first-order valence-electron chi connectivity index (χ1n) is 10.5. The van der Waals surface area contributed by atoms with Crippen LogP contribution in [-0.2, 0) is 4.18 Å². The Morgan fingerprint density at radius 1 is 0.645 bits per heavy atom. The summed E-state index contributed by atoms with van der Waals surface area (Å²) < 4.78 is 6.52. The maximum atomic E-state index is 4.65. The molecule has 0 amide bonds. The second-order valence-electron chi connectivity index (χ2n) is 6.89. The molecule has 0 aliphatic heterocycles. The maximum absolute atomic E-state index is 4.65. The first-order valence-corrected chi connectivity index (χ1v) is 11.2. The van der Waals surface area contributed by atoms with E-state index in [4.69, 9.17) is 0 Å². The molecular weight excluding hydrogens is 398 g/mol. The van der Waals surface area contributed by atoms with Crippen molar-refractivity contribution >= 4 is 12.2 Å². The van der Waals surface area contributed by atoms with Crippen molar-refractivity contribution in [1.82, 2.24) is 4.31 Å². The molecule has 0 bridgehead atoms. The summed E-state index contributed by atoms with van der Waals surface area (Å²) in [4.78, 5) is 0. The van der Waals surface area contributed by atoms with E-state index in [0.717, 1.165) is 46.3 Å². The molecule has 0 aromatic rings. The molecule has 0 aromatic heterocycles. The molecule has 0 N–H and O–H groups in total. The number of rotatable bonds is 12. The molecule has 0 atom stereocenters. The molecule has 0 heterocycles. The molecule has 2 nitrogen and oxygen atoms in total. The van der Waals surface area contributed by atoms with Crippen LogP contribution in [0.15, 0.2) is 109 Å². The van der Waals surface area contributed by atoms with E-state index in [-0.39, 0.29) is 0 Å². The predicted octanol–water partition coefficient (Wildman–Crippen LogP) is 8.99. The molecule has 0 fully saturated rings. The van der Waals surface area contributed by atoms with E-state index < -0.39 is 0 Å². The van der Waals surface area contributed by atoms with Crippen LogP contribution in [0.25, 0.3) is 0 Å². The quantitative estimate of drug-likeness (QED) is 0.170. The van der Waals surface area contributed by atoms with Gasteiger partial charge in [0.1, 0.15) is 0 Å². The van der Waals surface area contributed by atoms with Gasteiger partial charge in [0, 0.05) is 0 Å². The Bertz CT molecular complexity index is 623. The molecule has 3 heteroatoms. The van der Waals surface area contributed by atoms with Gasteiger partial charge in [-0.1, -0.05) is 121 Å². The monoisotopic (exact) mass is 443 g/mol. The zero-order chi connectivity index (χ0) is 24.8. The van der Waals surface area contributed by atoms with Crippen molar-refractivity contribution in [1.29, 1.82) is 0 Å². The average Bonchev–Trinajstić information content (AvgIpc) is 2.73. The topological polar surface area (TPSA) is 12.5 Å². The van der Waals surface area contributed by atoms with Gasteiger partial charge < -0.3 is 4.18 Å². The molecule has 0 aliphatic carbocycles. The van der Waals surface area contributed by atoms with Crippen LogP contribution in [-0.4, -0.2) is 25.5 Å². The second-order valence-corrected chi connectivity index (χ2v) is 8.10. The lowest BCUT2D eigenvalue weighted by Crippen LogP contribution is -1.98. The minimum Gasteiger partial charge on any atom is -0.304 e. The van der Waals surface area contributed by atoms with Gasteiger partial charge in [0.2, 0.25) is 0 Å². The molecule has 0 aromatic carbocycles. The summed E-state index contributed by atoms with van der Waals surface area (Å²) in [6.45, 7) is 32.3. The third-order valence-electron chi connectivity index (χ3n) is 3.48. The standard InChI is InChI=1S/C22H28.C3H9NOS.C3H8/c1-9-17(3)11-13-19(5)21(7)15-16-22(8)20(6)14-12-18(4)10-2;1-4(2)6-5-3;1-3-2/h11-16H,3-10H2,1-2H3;1-3H3;3H2,1-2H3/b13-11-,14-12-,16-15-;;. The third kappa shape index (κ3) is 24.1. The highest BCUT2D eigenvalue weighted by atomic mass is 32.2. The number of hydrogen-bond acceptors (Lipinski definition) is 3. The minimum absolute atomic E-state index is 0.844. The number of hydrogen-bond donors (Lipinski definition) is 0. The lowest BCUT2D eigenvalue weighted by atomic mass is 10.0. The van der Waals surface area contributed by atoms with Crippen molar-refractivity contribution in [3.8, 4) is 0 Å². The highest BCUT2D eigenvalue weighted by Crippen LogP contribution is 2.15. The van der Waals surface area contributed by atoms with Crippen LogP contribution in [0.1, 0.15) is 47.0 Å². The average molecular weight is 444 g/mol. The van der Waals surface area contributed by atoms with Crippen LogP contribution in [0.5, 0.6) is 0 Å². The maximum Gasteiger partial charge on any atom is 0.0810 e. The van der Waals surface area contributed by atoms with Crippen molar-refractivity contribution in [2.75, 3.05) is 21.2 Å². The Morgan fingerprint density at radius 3 is 1.06 bits per heavy atom. The lowest BCUT2D eigenvalue weighted by Gasteiger charge is -2.02. The minimum atomic E-state index is 0.844. The Hall–Kier alpha value is -2.07. The van der Waals surface area contributed by atoms with Gasteiger partial charge in [-0.25, -0.2) is 4.31 Å². The van der Waals surface area contributed by atoms with Gasteiger partial charge in [0.15, 0.2) is 0 Å². The van der Waals surface area contributed by atoms with Gasteiger partial charge in [-0.3, -0.25) is 0 Å². The van der Waals surface area contributed by atoms with Crippen LogP contribution in [0.4, 0.5) is 0 Å². The summed E-state index contributed by atoms with van der Waals surface area (Å²) in [6, 6.07) is 0. The number of nitrogens with zero attached hydrogens (tertiary/aromatic N) is 1. The SMILES string of the molecule is C=C(/C=C\C(=C)C(=C)/C=C\C(=C)C(=C)/C=C\C(=C)CC)CC.CCC.COSN(C)C. The highest BCUT2D eigenvalue weighted by molar-refractivity contribution is 7.92. The fraction of sp³-hybridized carbons (Fsp3) is 0.357. The van der Waals surface area contributed by atoms with Gasteiger partial charge >= 0.3 is 0 Å². The summed E-state index contributed by atoms with van der Waals surface area (Å²) in [5, 5.41) is 0. The van der Waals surface area contributed by atoms with Gasteiger partial charge in [-0.15, -0.1) is 0 Å².